The predicted octanol–water partition coefficient (Wildman–Crippen LogP) is 4.64. The van der Waals surface area contributed by atoms with Gasteiger partial charge in [0, 0.05) is 12.3 Å². The van der Waals surface area contributed by atoms with Crippen LogP contribution >= 0.6 is 0 Å². The summed E-state index contributed by atoms with van der Waals surface area (Å²) in [5.41, 5.74) is 2.42. The minimum atomic E-state index is -1.14. The molecule has 0 aliphatic carbocycles. The molecule has 200 valence electrons. The number of benzene rings is 3. The third-order valence-electron chi connectivity index (χ3n) is 6.68. The van der Waals surface area contributed by atoms with Gasteiger partial charge in [-0.15, -0.1) is 0 Å². The molecule has 0 saturated carbocycles. The Morgan fingerprint density at radius 1 is 0.949 bits per heavy atom. The molecule has 3 aromatic carbocycles. The van der Waals surface area contributed by atoms with E-state index in [9.17, 15) is 14.4 Å². The van der Waals surface area contributed by atoms with Crippen molar-refractivity contribution in [2.24, 2.45) is 5.92 Å². The van der Waals surface area contributed by atoms with Crippen LogP contribution in [0.3, 0.4) is 0 Å². The van der Waals surface area contributed by atoms with E-state index in [-0.39, 0.29) is 11.8 Å². The number of rotatable bonds is 6. The SMILES string of the molecule is CC[C@H](C)[C@@H]1NC(=O)[C@@H](NC(=O)/C=C\c2ccccc2)[C@@H](c2ccccc2)Oc2ccc(cc2)/C=C\NC1=O. The second kappa shape index (κ2) is 13.2. The van der Waals surface area contributed by atoms with E-state index in [1.165, 1.54) is 6.08 Å². The molecule has 2 aliphatic rings. The van der Waals surface area contributed by atoms with Crippen molar-refractivity contribution in [3.63, 3.8) is 0 Å². The largest absolute Gasteiger partial charge is 0.483 e. The summed E-state index contributed by atoms with van der Waals surface area (Å²) in [7, 11) is 0. The smallest absolute Gasteiger partial charge is 0.247 e. The minimum absolute atomic E-state index is 0.154. The van der Waals surface area contributed by atoms with Gasteiger partial charge < -0.3 is 20.7 Å². The second-order valence-corrected chi connectivity index (χ2v) is 9.46. The predicted molar refractivity (Wildman–Crippen MR) is 152 cm³/mol. The summed E-state index contributed by atoms with van der Waals surface area (Å²) in [5, 5.41) is 8.51. The van der Waals surface area contributed by atoms with Crippen molar-refractivity contribution < 1.29 is 19.1 Å². The molecule has 5 rings (SSSR count). The van der Waals surface area contributed by atoms with Crippen LogP contribution in [0, 0.1) is 5.92 Å². The van der Waals surface area contributed by atoms with Gasteiger partial charge in [0.1, 0.15) is 17.8 Å². The van der Waals surface area contributed by atoms with Gasteiger partial charge in [0.05, 0.1) is 0 Å². The van der Waals surface area contributed by atoms with Gasteiger partial charge in [-0.05, 0) is 46.9 Å². The normalized spacial score (nSPS) is 21.2. The summed E-state index contributed by atoms with van der Waals surface area (Å²) in [6.45, 7) is 3.85. The molecule has 0 aromatic heterocycles. The fourth-order valence-electron chi connectivity index (χ4n) is 4.25. The van der Waals surface area contributed by atoms with Gasteiger partial charge in [-0.1, -0.05) is 93.1 Å². The number of carbonyl (C=O) groups is 3. The average Bonchev–Trinajstić information content (AvgIpc) is 2.97. The summed E-state index contributed by atoms with van der Waals surface area (Å²) in [6.07, 6.45) is 6.19. The molecule has 39 heavy (non-hydrogen) atoms. The maximum atomic E-state index is 13.9. The molecule has 4 atom stereocenters. The molecule has 7 nitrogen and oxygen atoms in total. The van der Waals surface area contributed by atoms with E-state index >= 15 is 0 Å². The zero-order valence-corrected chi connectivity index (χ0v) is 22.0. The highest BCUT2D eigenvalue weighted by atomic mass is 16.5. The lowest BCUT2D eigenvalue weighted by atomic mass is 9.96. The average molecular weight is 524 g/mol. The van der Waals surface area contributed by atoms with Gasteiger partial charge in [-0.25, -0.2) is 0 Å². The Morgan fingerprint density at radius 3 is 2.28 bits per heavy atom. The number of ether oxygens (including phenoxy) is 1. The minimum Gasteiger partial charge on any atom is -0.483 e. The maximum Gasteiger partial charge on any atom is 0.247 e. The van der Waals surface area contributed by atoms with Crippen molar-refractivity contribution in [3.05, 3.63) is 114 Å². The highest BCUT2D eigenvalue weighted by Gasteiger charge is 2.36. The Balaban J connectivity index is 1.74. The van der Waals surface area contributed by atoms with E-state index in [1.54, 1.807) is 30.5 Å². The highest BCUT2D eigenvalue weighted by Crippen LogP contribution is 2.27. The monoisotopic (exact) mass is 523 g/mol. The van der Waals surface area contributed by atoms with Crippen molar-refractivity contribution in [2.75, 3.05) is 0 Å². The van der Waals surface area contributed by atoms with Crippen LogP contribution in [0.1, 0.15) is 43.1 Å². The Kier molecular flexibility index (Phi) is 9.29. The van der Waals surface area contributed by atoms with Crippen molar-refractivity contribution in [3.8, 4) is 5.75 Å². The first kappa shape index (κ1) is 27.4. The molecule has 2 bridgehead atoms. The first-order chi connectivity index (χ1) is 18.9. The van der Waals surface area contributed by atoms with E-state index in [2.05, 4.69) is 16.0 Å². The summed E-state index contributed by atoms with van der Waals surface area (Å²) in [4.78, 5) is 40.1. The Morgan fingerprint density at radius 2 is 1.62 bits per heavy atom. The number of amides is 3. The van der Waals surface area contributed by atoms with Gasteiger partial charge in [0.15, 0.2) is 6.10 Å². The molecule has 2 heterocycles. The van der Waals surface area contributed by atoms with Crippen LogP contribution in [0.25, 0.3) is 12.2 Å². The van der Waals surface area contributed by atoms with Crippen molar-refractivity contribution in [1.29, 1.82) is 0 Å². The number of hydrogen-bond acceptors (Lipinski definition) is 4. The third kappa shape index (κ3) is 7.45. The molecule has 0 radical (unpaired) electrons. The molecular weight excluding hydrogens is 490 g/mol. The Hall–Kier alpha value is -4.65. The molecule has 3 N–H and O–H groups in total. The Bertz CT molecular complexity index is 1320. The lowest BCUT2D eigenvalue weighted by Crippen LogP contribution is -2.57. The van der Waals surface area contributed by atoms with Crippen LogP contribution < -0.4 is 20.7 Å². The molecule has 3 aromatic rings. The van der Waals surface area contributed by atoms with Gasteiger partial charge in [-0.2, -0.15) is 0 Å². The van der Waals surface area contributed by atoms with E-state index in [0.29, 0.717) is 17.7 Å². The molecule has 0 fully saturated rings. The van der Waals surface area contributed by atoms with Crippen LogP contribution in [0.4, 0.5) is 0 Å². The van der Waals surface area contributed by atoms with Crippen LogP contribution in [0.5, 0.6) is 5.75 Å². The third-order valence-corrected chi connectivity index (χ3v) is 6.68. The van der Waals surface area contributed by atoms with Crippen molar-refractivity contribution in [2.45, 2.75) is 38.5 Å². The summed E-state index contributed by atoms with van der Waals surface area (Å²) in [5.74, 6) is -0.948. The van der Waals surface area contributed by atoms with Gasteiger partial charge in [0.25, 0.3) is 0 Å². The van der Waals surface area contributed by atoms with E-state index in [0.717, 1.165) is 11.1 Å². The molecular formula is C32H33N3O4. The fourth-order valence-corrected chi connectivity index (χ4v) is 4.25. The first-order valence-corrected chi connectivity index (χ1v) is 13.1. The standard InChI is InChI=1S/C32H33N3O4/c1-3-22(2)28-31(37)33-21-20-24-14-17-26(18-15-24)39-30(25-12-8-5-9-13-25)29(32(38)35-28)34-27(36)19-16-23-10-6-4-7-11-23/h4-22,28-30H,3H2,1-2H3,(H,33,37)(H,34,36)(H,35,38)/b19-16-,21-20-/t22-,28-,29-,30+/m0/s1. The topological polar surface area (TPSA) is 96.5 Å². The molecule has 0 spiro atoms. The lowest BCUT2D eigenvalue weighted by Gasteiger charge is -2.31. The molecule has 7 heteroatoms. The van der Waals surface area contributed by atoms with Gasteiger partial charge in [-0.3, -0.25) is 14.4 Å². The quantitative estimate of drug-likeness (QED) is 0.410. The summed E-state index contributed by atoms with van der Waals surface area (Å²) >= 11 is 0. The number of carbonyl (C=O) groups excluding carboxylic acids is 3. The Labute approximate surface area is 229 Å². The van der Waals surface area contributed by atoms with Crippen molar-refractivity contribution in [1.82, 2.24) is 16.0 Å². The van der Waals surface area contributed by atoms with Gasteiger partial charge in [0.2, 0.25) is 17.7 Å². The van der Waals surface area contributed by atoms with Crippen LogP contribution in [0.15, 0.2) is 97.2 Å². The number of fused-ring (bicyclic) bond motifs is 10. The van der Waals surface area contributed by atoms with Gasteiger partial charge >= 0.3 is 0 Å². The highest BCUT2D eigenvalue weighted by molar-refractivity contribution is 5.97. The van der Waals surface area contributed by atoms with Crippen LogP contribution in [-0.2, 0) is 14.4 Å². The van der Waals surface area contributed by atoms with E-state index in [1.807, 2.05) is 86.6 Å². The molecule has 0 saturated heterocycles. The molecule has 3 amide bonds. The van der Waals surface area contributed by atoms with Crippen molar-refractivity contribution >= 4 is 29.9 Å². The molecule has 2 aliphatic heterocycles. The maximum absolute atomic E-state index is 13.9. The van der Waals surface area contributed by atoms with Crippen LogP contribution in [-0.4, -0.2) is 29.8 Å². The summed E-state index contributed by atoms with van der Waals surface area (Å²) in [6, 6.07) is 24.0. The van der Waals surface area contributed by atoms with Crippen LogP contribution in [0.2, 0.25) is 0 Å². The number of nitrogens with one attached hydrogen (secondary N) is 3. The lowest BCUT2D eigenvalue weighted by molar-refractivity contribution is -0.133. The van der Waals surface area contributed by atoms with E-state index < -0.39 is 30.0 Å². The zero-order valence-electron chi connectivity index (χ0n) is 22.0. The zero-order chi connectivity index (χ0) is 27.6. The second-order valence-electron chi connectivity index (χ2n) is 9.46. The number of hydrogen-bond donors (Lipinski definition) is 3. The molecule has 0 unspecified atom stereocenters. The first-order valence-electron chi connectivity index (χ1n) is 13.1. The summed E-state index contributed by atoms with van der Waals surface area (Å²) < 4.78 is 6.37. The van der Waals surface area contributed by atoms with E-state index in [4.69, 9.17) is 4.74 Å². The fraction of sp³-hybridized carbons (Fsp3) is 0.219.